The van der Waals surface area contributed by atoms with Crippen molar-refractivity contribution in [1.82, 2.24) is 29.5 Å². The first-order chi connectivity index (χ1) is 21.6. The van der Waals surface area contributed by atoms with Crippen LogP contribution in [-0.2, 0) is 21.3 Å². The van der Waals surface area contributed by atoms with Crippen LogP contribution in [0, 0.1) is 18.3 Å². The number of carbonyl (C=O) groups is 2. The van der Waals surface area contributed by atoms with E-state index in [1.165, 1.54) is 23.0 Å². The fraction of sp³-hybridized carbons (Fsp3) is 0.594. The molecule has 3 aromatic heterocycles. The topological polar surface area (TPSA) is 152 Å². The molecule has 0 radical (unpaired) electrons. The summed E-state index contributed by atoms with van der Waals surface area (Å²) in [6.07, 6.45) is 5.26. The van der Waals surface area contributed by atoms with Gasteiger partial charge in [-0.1, -0.05) is 32.4 Å². The van der Waals surface area contributed by atoms with E-state index in [9.17, 15) is 18.0 Å². The quantitative estimate of drug-likeness (QED) is 0.217. The molecule has 2 amide bonds. The minimum atomic E-state index is -4.23. The predicted octanol–water partition coefficient (Wildman–Crippen LogP) is 5.20. The van der Waals surface area contributed by atoms with Crippen molar-refractivity contribution in [2.45, 2.75) is 104 Å². The molecule has 1 atom stereocenters. The van der Waals surface area contributed by atoms with Crippen molar-refractivity contribution in [1.29, 1.82) is 0 Å². The Morgan fingerprint density at radius 1 is 1.17 bits per heavy atom. The van der Waals surface area contributed by atoms with Crippen LogP contribution in [0.1, 0.15) is 90.7 Å². The molecule has 1 unspecified atom stereocenters. The Hall–Kier alpha value is -3.65. The lowest BCUT2D eigenvalue weighted by molar-refractivity contribution is -0.751. The van der Waals surface area contributed by atoms with Crippen LogP contribution < -0.4 is 14.1 Å². The third kappa shape index (κ3) is 9.47. The molecule has 0 spiro atoms. The zero-order valence-electron chi connectivity index (χ0n) is 28.7. The Morgan fingerprint density at radius 2 is 1.87 bits per heavy atom. The number of hydrogen-bond acceptors (Lipinski definition) is 8. The summed E-state index contributed by atoms with van der Waals surface area (Å²) in [6, 6.07) is 4.60. The van der Waals surface area contributed by atoms with E-state index in [1.54, 1.807) is 28.8 Å². The zero-order chi connectivity index (χ0) is 34.9. The number of carbonyl (C=O) groups excluding carboxylic acids is 2. The highest BCUT2D eigenvalue weighted by molar-refractivity contribution is 7.90. The number of H-pyrrole nitrogens is 1. The zero-order valence-corrected chi connectivity index (χ0v) is 30.3. The van der Waals surface area contributed by atoms with Crippen molar-refractivity contribution in [3.8, 4) is 11.7 Å². The summed E-state index contributed by atoms with van der Waals surface area (Å²) in [6.45, 7) is 19.0. The highest BCUT2D eigenvalue weighted by atomic mass is 35.5. The van der Waals surface area contributed by atoms with Crippen LogP contribution in [0.2, 0.25) is 5.15 Å². The monoisotopic (exact) mass is 692 g/mol. The van der Waals surface area contributed by atoms with Crippen LogP contribution in [0.25, 0.3) is 5.82 Å². The second-order valence-electron chi connectivity index (χ2n) is 14.9. The smallest absolute Gasteiger partial charge is 0.410 e. The molecule has 0 aromatic carbocycles. The largest absolute Gasteiger partial charge is 0.476 e. The van der Waals surface area contributed by atoms with E-state index in [0.717, 1.165) is 19.3 Å². The average molecular weight is 693 g/mol. The minimum Gasteiger partial charge on any atom is -0.476 e. The van der Waals surface area contributed by atoms with Crippen LogP contribution in [-0.4, -0.2) is 69.5 Å². The van der Waals surface area contributed by atoms with Crippen molar-refractivity contribution in [3.05, 3.63) is 47.0 Å². The van der Waals surface area contributed by atoms with Crippen molar-refractivity contribution < 1.29 is 32.2 Å². The predicted molar refractivity (Wildman–Crippen MR) is 176 cm³/mol. The van der Waals surface area contributed by atoms with Gasteiger partial charge >= 0.3 is 6.09 Å². The van der Waals surface area contributed by atoms with Gasteiger partial charge in [-0.3, -0.25) is 4.79 Å². The highest BCUT2D eigenvalue weighted by Crippen LogP contribution is 2.36. The number of amides is 2. The SMILES string of the molecule is Cc1[nH][n+](CCCC2CN(C(=O)OC(C)(C)C)C(C)(C)C2)cc1S(=O)(=O)NC(=O)c1ccc(-n2ccc(OCC(C)(C)C)n2)nc1Cl. The molecular formula is C32H47ClN7O6S+. The number of sulfonamides is 1. The van der Waals surface area contributed by atoms with E-state index in [1.807, 2.05) is 55.4 Å². The molecule has 1 aliphatic rings. The fourth-order valence-corrected chi connectivity index (χ4v) is 6.87. The number of nitrogens with one attached hydrogen (secondary N) is 2. The molecule has 1 aliphatic heterocycles. The molecule has 258 valence electrons. The lowest BCUT2D eigenvalue weighted by atomic mass is 9.93. The summed E-state index contributed by atoms with van der Waals surface area (Å²) in [7, 11) is -4.23. The van der Waals surface area contributed by atoms with Crippen LogP contribution in [0.4, 0.5) is 4.79 Å². The van der Waals surface area contributed by atoms with Gasteiger partial charge in [0.25, 0.3) is 15.9 Å². The van der Waals surface area contributed by atoms with Gasteiger partial charge in [-0.25, -0.2) is 27.6 Å². The van der Waals surface area contributed by atoms with Crippen LogP contribution >= 0.6 is 11.6 Å². The first kappa shape index (κ1) is 36.2. The summed E-state index contributed by atoms with van der Waals surface area (Å²) >= 11 is 6.32. The Bertz CT molecular complexity index is 1720. The number of halogens is 1. The molecule has 47 heavy (non-hydrogen) atoms. The van der Waals surface area contributed by atoms with Gasteiger partial charge in [0.05, 0.1) is 17.9 Å². The summed E-state index contributed by atoms with van der Waals surface area (Å²) in [5.41, 5.74) is -0.638. The average Bonchev–Trinajstić information content (AvgIpc) is 3.62. The molecule has 3 aromatic rings. The van der Waals surface area contributed by atoms with Crippen molar-refractivity contribution >= 4 is 33.6 Å². The minimum absolute atomic E-state index is 0.0403. The van der Waals surface area contributed by atoms with E-state index in [4.69, 9.17) is 21.1 Å². The molecule has 13 nitrogen and oxygen atoms in total. The van der Waals surface area contributed by atoms with Gasteiger partial charge in [0.15, 0.2) is 17.3 Å². The molecule has 15 heteroatoms. The molecule has 4 heterocycles. The third-order valence-corrected chi connectivity index (χ3v) is 9.32. The van der Waals surface area contributed by atoms with Crippen LogP contribution in [0.5, 0.6) is 5.88 Å². The van der Waals surface area contributed by atoms with Crippen LogP contribution in [0.15, 0.2) is 35.5 Å². The van der Waals surface area contributed by atoms with Gasteiger partial charge in [-0.2, -0.15) is 5.10 Å². The Morgan fingerprint density at radius 3 is 2.51 bits per heavy atom. The fourth-order valence-electron chi connectivity index (χ4n) is 5.46. The van der Waals surface area contributed by atoms with Gasteiger partial charge in [-0.05, 0) is 77.8 Å². The number of ether oxygens (including phenoxy) is 2. The number of aryl methyl sites for hydroxylation is 2. The maximum atomic E-state index is 13.2. The van der Waals surface area contributed by atoms with Crippen molar-refractivity contribution in [3.63, 3.8) is 0 Å². The number of aromatic nitrogens is 5. The highest BCUT2D eigenvalue weighted by Gasteiger charge is 2.42. The van der Waals surface area contributed by atoms with Crippen molar-refractivity contribution in [2.75, 3.05) is 13.2 Å². The number of hydrogen-bond donors (Lipinski definition) is 2. The molecule has 1 fully saturated rings. The number of likely N-dealkylation sites (tertiary alicyclic amines) is 1. The molecule has 0 aliphatic carbocycles. The first-order valence-corrected chi connectivity index (χ1v) is 17.5. The van der Waals surface area contributed by atoms with Gasteiger partial charge in [0, 0.05) is 30.8 Å². The standard InChI is InChI=1S/C32H46ClN7O6S/c1-21-24(19-38(35-21)15-10-11-22-17-32(8,9)39(18-22)29(42)46-31(5,6)7)47(43,44)37-28(41)23-12-13-25(34-27(23)33)40-16-14-26(36-40)45-20-30(2,3)4/h12-14,16,19,22H,10-11,15,17-18,20H2,1-9H3,(H,37,41)/p+1. The van der Waals surface area contributed by atoms with E-state index in [0.29, 0.717) is 43.0 Å². The first-order valence-electron chi connectivity index (χ1n) is 15.7. The number of rotatable bonds is 10. The second-order valence-corrected chi connectivity index (χ2v) is 16.9. The van der Waals surface area contributed by atoms with E-state index in [-0.39, 0.29) is 32.7 Å². The molecule has 2 N–H and O–H groups in total. The van der Waals surface area contributed by atoms with Gasteiger partial charge < -0.3 is 14.4 Å². The lowest BCUT2D eigenvalue weighted by Crippen LogP contribution is -2.45. The van der Waals surface area contributed by atoms with E-state index >= 15 is 0 Å². The molecule has 0 bridgehead atoms. The van der Waals surface area contributed by atoms with E-state index < -0.39 is 21.5 Å². The molecule has 0 saturated carbocycles. The summed E-state index contributed by atoms with van der Waals surface area (Å²) in [5.74, 6) is 0.131. The maximum absolute atomic E-state index is 13.2. The van der Waals surface area contributed by atoms with Gasteiger partial charge in [0.1, 0.15) is 10.8 Å². The normalized spacial score (nSPS) is 16.7. The number of nitrogens with zero attached hydrogens (tertiary/aromatic N) is 5. The Balaban J connectivity index is 1.35. The maximum Gasteiger partial charge on any atom is 0.410 e. The summed E-state index contributed by atoms with van der Waals surface area (Å²) in [5, 5.41) is 7.21. The molecular weight excluding hydrogens is 646 g/mol. The lowest BCUT2D eigenvalue weighted by Gasteiger charge is -2.33. The number of pyridine rings is 1. The van der Waals surface area contributed by atoms with Crippen molar-refractivity contribution in [2.24, 2.45) is 11.3 Å². The summed E-state index contributed by atoms with van der Waals surface area (Å²) < 4.78 is 43.0. The third-order valence-electron chi connectivity index (χ3n) is 7.59. The Labute approximate surface area is 282 Å². The number of aromatic amines is 1. The van der Waals surface area contributed by atoms with Crippen LogP contribution in [0.3, 0.4) is 0 Å². The Kier molecular flexibility index (Phi) is 10.4. The van der Waals surface area contributed by atoms with Gasteiger partial charge in [-0.15, -0.1) is 9.78 Å². The molecule has 4 rings (SSSR count). The molecule has 1 saturated heterocycles. The second kappa shape index (κ2) is 13.5. The van der Waals surface area contributed by atoms with Gasteiger partial charge in [0.2, 0.25) is 12.1 Å². The summed E-state index contributed by atoms with van der Waals surface area (Å²) in [4.78, 5) is 31.7. The van der Waals surface area contributed by atoms with E-state index in [2.05, 4.69) is 19.9 Å².